The molecule has 1 aliphatic heterocycles. The number of aromatic nitrogens is 3. The number of aliphatic imine (C=N–C) groups is 1. The molecule has 0 saturated carbocycles. The van der Waals surface area contributed by atoms with Gasteiger partial charge >= 0.3 is 0 Å². The van der Waals surface area contributed by atoms with Crippen molar-refractivity contribution in [1.82, 2.24) is 14.8 Å². The number of benzene rings is 1. The number of ether oxygens (including phenoxy) is 2. The lowest BCUT2D eigenvalue weighted by molar-refractivity contribution is 0.304. The summed E-state index contributed by atoms with van der Waals surface area (Å²) in [6, 6.07) is 12.3. The van der Waals surface area contributed by atoms with E-state index in [0.717, 1.165) is 5.69 Å². The van der Waals surface area contributed by atoms with Gasteiger partial charge in [0.2, 0.25) is 5.88 Å². The molecule has 0 aliphatic carbocycles. The number of rotatable bonds is 7. The molecule has 0 radical (unpaired) electrons. The van der Waals surface area contributed by atoms with Crippen LogP contribution in [0.3, 0.4) is 0 Å². The monoisotopic (exact) mass is 407 g/mol. The van der Waals surface area contributed by atoms with E-state index in [-0.39, 0.29) is 12.4 Å². The number of allylic oxidation sites excluding steroid dienone is 1. The fraction of sp³-hybridized carbons (Fsp3) is 0.227. The van der Waals surface area contributed by atoms with Crippen molar-refractivity contribution in [3.63, 3.8) is 0 Å². The van der Waals surface area contributed by atoms with Crippen molar-refractivity contribution in [1.29, 1.82) is 0 Å². The maximum absolute atomic E-state index is 14.2. The largest absolute Gasteiger partial charge is 0.494 e. The quantitative estimate of drug-likeness (QED) is 0.594. The van der Waals surface area contributed by atoms with Gasteiger partial charge in [0, 0.05) is 29.7 Å². The van der Waals surface area contributed by atoms with Crippen molar-refractivity contribution in [3.8, 4) is 5.88 Å². The van der Waals surface area contributed by atoms with E-state index in [4.69, 9.17) is 14.6 Å². The number of halogens is 1. The van der Waals surface area contributed by atoms with Crippen LogP contribution in [0.15, 0.2) is 71.8 Å². The zero-order chi connectivity index (χ0) is 20.9. The van der Waals surface area contributed by atoms with Crippen LogP contribution in [0.4, 0.5) is 10.1 Å². The SMILES string of the molecule is CCOc1cc(C2N=CC(OC)=CN2c2ccncc2)nn1Cc1ccccc1F. The highest BCUT2D eigenvalue weighted by Gasteiger charge is 2.26. The number of pyridine rings is 1. The summed E-state index contributed by atoms with van der Waals surface area (Å²) in [5.74, 6) is 0.903. The molecule has 3 heterocycles. The molecule has 3 aromatic rings. The van der Waals surface area contributed by atoms with Crippen LogP contribution < -0.4 is 9.64 Å². The third-order valence-corrected chi connectivity index (χ3v) is 4.67. The Morgan fingerprint density at radius 3 is 2.67 bits per heavy atom. The van der Waals surface area contributed by atoms with Gasteiger partial charge in [-0.25, -0.2) is 9.07 Å². The average Bonchev–Trinajstić information content (AvgIpc) is 3.18. The lowest BCUT2D eigenvalue weighted by atomic mass is 10.2. The molecule has 7 nitrogen and oxygen atoms in total. The van der Waals surface area contributed by atoms with E-state index < -0.39 is 6.17 Å². The Labute approximate surface area is 174 Å². The molecular weight excluding hydrogens is 385 g/mol. The lowest BCUT2D eigenvalue weighted by Gasteiger charge is -2.29. The van der Waals surface area contributed by atoms with E-state index in [0.29, 0.717) is 29.5 Å². The molecular formula is C22H22FN5O2. The molecule has 0 fully saturated rings. The van der Waals surface area contributed by atoms with Gasteiger partial charge in [-0.2, -0.15) is 5.10 Å². The van der Waals surface area contributed by atoms with Crippen molar-refractivity contribution in [3.05, 3.63) is 83.9 Å². The maximum Gasteiger partial charge on any atom is 0.212 e. The van der Waals surface area contributed by atoms with Crippen LogP contribution in [0.25, 0.3) is 0 Å². The molecule has 8 heteroatoms. The number of methoxy groups -OCH3 is 1. The molecule has 154 valence electrons. The second kappa shape index (κ2) is 8.77. The minimum Gasteiger partial charge on any atom is -0.494 e. The highest BCUT2D eigenvalue weighted by Crippen LogP contribution is 2.32. The van der Waals surface area contributed by atoms with Gasteiger partial charge < -0.3 is 14.4 Å². The zero-order valence-electron chi connectivity index (χ0n) is 16.8. The second-order valence-electron chi connectivity index (χ2n) is 6.59. The molecule has 0 saturated heterocycles. The van der Waals surface area contributed by atoms with E-state index in [2.05, 4.69) is 9.98 Å². The Balaban J connectivity index is 1.71. The van der Waals surface area contributed by atoms with E-state index >= 15 is 0 Å². The van der Waals surface area contributed by atoms with Gasteiger partial charge in [0.15, 0.2) is 11.9 Å². The summed E-state index contributed by atoms with van der Waals surface area (Å²) in [7, 11) is 1.60. The van der Waals surface area contributed by atoms with Crippen molar-refractivity contribution in [2.75, 3.05) is 18.6 Å². The lowest BCUT2D eigenvalue weighted by Crippen LogP contribution is -2.26. The van der Waals surface area contributed by atoms with Gasteiger partial charge in [-0.3, -0.25) is 9.98 Å². The highest BCUT2D eigenvalue weighted by atomic mass is 19.1. The Bertz CT molecular complexity index is 1060. The van der Waals surface area contributed by atoms with Crippen LogP contribution in [-0.4, -0.2) is 34.7 Å². The highest BCUT2D eigenvalue weighted by molar-refractivity contribution is 5.79. The van der Waals surface area contributed by atoms with Crippen LogP contribution in [0, 0.1) is 5.82 Å². The Kier molecular flexibility index (Phi) is 5.74. The van der Waals surface area contributed by atoms with Crippen LogP contribution in [-0.2, 0) is 11.3 Å². The van der Waals surface area contributed by atoms with Crippen molar-refractivity contribution < 1.29 is 13.9 Å². The number of anilines is 1. The molecule has 2 aromatic heterocycles. The van der Waals surface area contributed by atoms with E-state index in [1.807, 2.05) is 36.2 Å². The van der Waals surface area contributed by atoms with Gasteiger partial charge in [0.1, 0.15) is 11.5 Å². The Hall–Kier alpha value is -3.68. The van der Waals surface area contributed by atoms with Crippen LogP contribution in [0.2, 0.25) is 0 Å². The molecule has 1 aliphatic rings. The first-order chi connectivity index (χ1) is 14.7. The molecule has 1 atom stereocenters. The zero-order valence-corrected chi connectivity index (χ0v) is 16.8. The Morgan fingerprint density at radius 1 is 1.13 bits per heavy atom. The normalized spacial score (nSPS) is 15.8. The summed E-state index contributed by atoms with van der Waals surface area (Å²) < 4.78 is 26.9. The summed E-state index contributed by atoms with van der Waals surface area (Å²) in [6.45, 7) is 2.63. The Morgan fingerprint density at radius 2 is 1.93 bits per heavy atom. The number of hydrogen-bond donors (Lipinski definition) is 0. The summed E-state index contributed by atoms with van der Waals surface area (Å²) in [5.41, 5.74) is 2.10. The maximum atomic E-state index is 14.2. The second-order valence-corrected chi connectivity index (χ2v) is 6.59. The number of hydrogen-bond acceptors (Lipinski definition) is 6. The summed E-state index contributed by atoms with van der Waals surface area (Å²) in [6.07, 6.45) is 6.54. The first kappa shape index (κ1) is 19.6. The van der Waals surface area contributed by atoms with Crippen molar-refractivity contribution in [2.45, 2.75) is 19.6 Å². The molecule has 1 aromatic carbocycles. The van der Waals surface area contributed by atoms with Gasteiger partial charge in [-0.05, 0) is 25.1 Å². The predicted molar refractivity (Wildman–Crippen MR) is 112 cm³/mol. The van der Waals surface area contributed by atoms with E-state index in [1.165, 1.54) is 6.07 Å². The molecule has 1 unspecified atom stereocenters. The van der Waals surface area contributed by atoms with Crippen LogP contribution in [0.5, 0.6) is 5.88 Å². The molecule has 0 N–H and O–H groups in total. The van der Waals surface area contributed by atoms with Crippen molar-refractivity contribution in [2.24, 2.45) is 4.99 Å². The third-order valence-electron chi connectivity index (χ3n) is 4.67. The first-order valence-corrected chi connectivity index (χ1v) is 9.61. The predicted octanol–water partition coefficient (Wildman–Crippen LogP) is 3.94. The fourth-order valence-corrected chi connectivity index (χ4v) is 3.22. The molecule has 0 amide bonds. The topological polar surface area (TPSA) is 64.8 Å². The minimum atomic E-state index is -0.424. The molecule has 0 bridgehead atoms. The third kappa shape index (κ3) is 4.03. The minimum absolute atomic E-state index is 0.257. The summed E-state index contributed by atoms with van der Waals surface area (Å²) in [4.78, 5) is 10.7. The fourth-order valence-electron chi connectivity index (χ4n) is 3.22. The smallest absolute Gasteiger partial charge is 0.212 e. The summed E-state index contributed by atoms with van der Waals surface area (Å²) >= 11 is 0. The average molecular weight is 407 g/mol. The van der Waals surface area contributed by atoms with Crippen LogP contribution >= 0.6 is 0 Å². The molecule has 0 spiro atoms. The van der Waals surface area contributed by atoms with Crippen LogP contribution in [0.1, 0.15) is 24.3 Å². The van der Waals surface area contributed by atoms with Gasteiger partial charge in [0.05, 0.1) is 32.7 Å². The van der Waals surface area contributed by atoms with E-state index in [9.17, 15) is 4.39 Å². The van der Waals surface area contributed by atoms with E-state index in [1.54, 1.807) is 48.6 Å². The van der Waals surface area contributed by atoms with Gasteiger partial charge in [-0.15, -0.1) is 0 Å². The number of nitrogens with zero attached hydrogens (tertiary/aromatic N) is 5. The van der Waals surface area contributed by atoms with Gasteiger partial charge in [-0.1, -0.05) is 18.2 Å². The van der Waals surface area contributed by atoms with Crippen molar-refractivity contribution >= 4 is 11.9 Å². The molecule has 30 heavy (non-hydrogen) atoms. The molecule has 4 rings (SSSR count). The first-order valence-electron chi connectivity index (χ1n) is 9.61. The summed E-state index contributed by atoms with van der Waals surface area (Å²) in [5, 5.41) is 4.70. The van der Waals surface area contributed by atoms with Gasteiger partial charge in [0.25, 0.3) is 0 Å². The standard InChI is InChI=1S/C22H22FN5O2/c1-3-30-21-12-20(26-28(21)14-16-6-4-5-7-19(16)23)22-25-13-18(29-2)15-27(22)17-8-10-24-11-9-17/h4-13,15,22H,3,14H2,1-2H3.